The van der Waals surface area contributed by atoms with Gasteiger partial charge in [-0.1, -0.05) is 0 Å². The van der Waals surface area contributed by atoms with Crippen molar-refractivity contribution in [3.05, 3.63) is 0 Å². The second-order valence-electron chi connectivity index (χ2n) is 6.52. The molecule has 0 bridgehead atoms. The molecule has 0 aromatic rings. The summed E-state index contributed by atoms with van der Waals surface area (Å²) < 4.78 is 1.00. The zero-order valence-electron chi connectivity index (χ0n) is 13.4. The van der Waals surface area contributed by atoms with Crippen LogP contribution in [0.4, 0.5) is 0 Å². The molecule has 0 amide bonds. The molecule has 2 rings (SSSR count). The van der Waals surface area contributed by atoms with Gasteiger partial charge in [0, 0.05) is 0 Å². The quantitative estimate of drug-likeness (QED) is 0.244. The summed E-state index contributed by atoms with van der Waals surface area (Å²) >= 11 is 9.24. The molecular formula is C16H27Br3N2Te. The van der Waals surface area contributed by atoms with Gasteiger partial charge in [-0.05, 0) is 0 Å². The number of rotatable bonds is 5. The van der Waals surface area contributed by atoms with Crippen molar-refractivity contribution in [2.24, 2.45) is 9.98 Å². The average molecular weight is 615 g/mol. The van der Waals surface area contributed by atoms with E-state index in [0.717, 1.165) is 4.47 Å². The Morgan fingerprint density at radius 1 is 0.818 bits per heavy atom. The molecule has 0 unspecified atom stereocenters. The van der Waals surface area contributed by atoms with E-state index in [1.165, 1.54) is 75.6 Å². The van der Waals surface area contributed by atoms with Gasteiger partial charge in [-0.3, -0.25) is 0 Å². The molecule has 2 aliphatic rings. The monoisotopic (exact) mass is 614 g/mol. The van der Waals surface area contributed by atoms with Crippen molar-refractivity contribution in [2.75, 3.05) is 0 Å². The first-order chi connectivity index (χ1) is 10.4. The van der Waals surface area contributed by atoms with E-state index >= 15 is 0 Å². The van der Waals surface area contributed by atoms with E-state index in [2.05, 4.69) is 45.2 Å². The Bertz CT molecular complexity index is 406. The topological polar surface area (TPSA) is 24.7 Å². The van der Waals surface area contributed by atoms with Gasteiger partial charge >= 0.3 is 159 Å². The molecule has 0 aliphatic heterocycles. The van der Waals surface area contributed by atoms with Crippen LogP contribution in [0.25, 0.3) is 0 Å². The maximum absolute atomic E-state index is 5.13. The second kappa shape index (κ2) is 9.90. The van der Waals surface area contributed by atoms with Gasteiger partial charge < -0.3 is 0 Å². The molecule has 0 aromatic heterocycles. The molecule has 0 radical (unpaired) electrons. The Labute approximate surface area is 157 Å². The zero-order valence-corrected chi connectivity index (χ0v) is 20.5. The summed E-state index contributed by atoms with van der Waals surface area (Å²) in [5.41, 5.74) is 2.43. The fourth-order valence-electron chi connectivity index (χ4n) is 3.38. The first kappa shape index (κ1) is 19.9. The SMILES string of the molecule is CC(=NC1CCCCC1)C(C[Te](Br)(Br)Br)=NC1CCCCC1. The third-order valence-electron chi connectivity index (χ3n) is 4.58. The summed E-state index contributed by atoms with van der Waals surface area (Å²) in [6.07, 6.45) is 13.2. The van der Waals surface area contributed by atoms with Crippen molar-refractivity contribution in [3.8, 4) is 0 Å². The van der Waals surface area contributed by atoms with Crippen LogP contribution in [0, 0.1) is 0 Å². The van der Waals surface area contributed by atoms with Crippen molar-refractivity contribution in [1.82, 2.24) is 0 Å². The summed E-state index contributed by atoms with van der Waals surface area (Å²) in [7, 11) is 0. The van der Waals surface area contributed by atoms with E-state index in [4.69, 9.17) is 9.98 Å². The van der Waals surface area contributed by atoms with Crippen LogP contribution >= 0.6 is 38.3 Å². The molecule has 22 heavy (non-hydrogen) atoms. The number of halogens is 3. The third kappa shape index (κ3) is 7.64. The van der Waals surface area contributed by atoms with Crippen LogP contribution in [-0.2, 0) is 0 Å². The molecular weight excluding hydrogens is 588 g/mol. The molecule has 2 fully saturated rings. The standard InChI is InChI=1S/C16H27Br3N2Te/c1-13(20-14-8-4-2-5-9-14)16(12-22(17,18)19)21-15-10-6-3-7-11-15/h14-15H,2-12H2,1H3. The summed E-state index contributed by atoms with van der Waals surface area (Å²) in [6, 6.07) is 1.06. The molecule has 0 atom stereocenters. The van der Waals surface area contributed by atoms with E-state index in [1.54, 1.807) is 0 Å². The van der Waals surface area contributed by atoms with Gasteiger partial charge in [-0.25, -0.2) is 0 Å². The minimum absolute atomic E-state index is 0.526. The zero-order chi connectivity index (χ0) is 16.0. The number of hydrogen-bond donors (Lipinski definition) is 0. The number of nitrogens with zero attached hydrogens (tertiary/aromatic N) is 2. The van der Waals surface area contributed by atoms with Gasteiger partial charge in [-0.2, -0.15) is 0 Å². The maximum atomic E-state index is 5.13. The summed E-state index contributed by atoms with van der Waals surface area (Å²) in [5.74, 6) is 0. The Hall–Kier alpha value is 1.57. The van der Waals surface area contributed by atoms with Crippen LogP contribution in [0.1, 0.15) is 71.1 Å². The number of aliphatic imine (C=N–C) groups is 2. The molecule has 2 aliphatic carbocycles. The Balaban J connectivity index is 2.11. The second-order valence-corrected chi connectivity index (χ2v) is 49.9. The van der Waals surface area contributed by atoms with E-state index in [0.29, 0.717) is 12.1 Å². The van der Waals surface area contributed by atoms with Crippen LogP contribution in [0.5, 0.6) is 0 Å². The molecule has 0 aromatic carbocycles. The van der Waals surface area contributed by atoms with Crippen molar-refractivity contribution in [1.29, 1.82) is 0 Å². The molecule has 0 spiro atoms. The van der Waals surface area contributed by atoms with Crippen LogP contribution in [0.15, 0.2) is 9.98 Å². The van der Waals surface area contributed by atoms with Crippen molar-refractivity contribution in [2.45, 2.75) is 87.7 Å². The Kier molecular flexibility index (Phi) is 8.95. The molecule has 2 nitrogen and oxygen atoms in total. The molecule has 6 heteroatoms. The molecule has 0 saturated heterocycles. The summed E-state index contributed by atoms with van der Waals surface area (Å²) in [4.78, 5) is 10.2. The van der Waals surface area contributed by atoms with Crippen LogP contribution in [-0.4, -0.2) is 35.1 Å². The van der Waals surface area contributed by atoms with Gasteiger partial charge in [0.05, 0.1) is 0 Å². The third-order valence-corrected chi connectivity index (χ3v) is 10.9. The van der Waals surface area contributed by atoms with Gasteiger partial charge in [0.15, 0.2) is 0 Å². The minimum atomic E-state index is -2.23. The fourth-order valence-corrected chi connectivity index (χ4v) is 9.44. The van der Waals surface area contributed by atoms with Gasteiger partial charge in [0.25, 0.3) is 0 Å². The summed E-state index contributed by atoms with van der Waals surface area (Å²) in [6.45, 7) is 2.18. The predicted molar refractivity (Wildman–Crippen MR) is 112 cm³/mol. The summed E-state index contributed by atoms with van der Waals surface area (Å²) in [5, 5.41) is 0. The molecule has 128 valence electrons. The van der Waals surface area contributed by atoms with E-state index in [1.807, 2.05) is 0 Å². The first-order valence-electron chi connectivity index (χ1n) is 8.45. The predicted octanol–water partition coefficient (Wildman–Crippen LogP) is 6.68. The Morgan fingerprint density at radius 3 is 1.73 bits per heavy atom. The number of hydrogen-bond acceptors (Lipinski definition) is 2. The molecule has 2 saturated carbocycles. The fraction of sp³-hybridized carbons (Fsp3) is 0.875. The van der Waals surface area contributed by atoms with Gasteiger partial charge in [0.1, 0.15) is 0 Å². The van der Waals surface area contributed by atoms with E-state index in [-0.39, 0.29) is 0 Å². The Morgan fingerprint density at radius 2 is 1.27 bits per heavy atom. The van der Waals surface area contributed by atoms with Crippen molar-refractivity contribution >= 4 is 61.2 Å². The van der Waals surface area contributed by atoms with Gasteiger partial charge in [0.2, 0.25) is 0 Å². The van der Waals surface area contributed by atoms with Gasteiger partial charge in [-0.15, -0.1) is 0 Å². The van der Waals surface area contributed by atoms with E-state index < -0.39 is 11.6 Å². The van der Waals surface area contributed by atoms with Crippen molar-refractivity contribution < 1.29 is 0 Å². The van der Waals surface area contributed by atoms with Crippen LogP contribution in [0.3, 0.4) is 0 Å². The van der Waals surface area contributed by atoms with E-state index in [9.17, 15) is 0 Å². The average Bonchev–Trinajstić information content (AvgIpc) is 2.47. The first-order valence-corrected chi connectivity index (χ1v) is 25.8. The normalized spacial score (nSPS) is 24.5. The molecule has 0 heterocycles. The van der Waals surface area contributed by atoms with Crippen LogP contribution < -0.4 is 0 Å². The van der Waals surface area contributed by atoms with Crippen LogP contribution in [0.2, 0.25) is 4.47 Å². The van der Waals surface area contributed by atoms with Crippen molar-refractivity contribution in [3.63, 3.8) is 0 Å². The molecule has 0 N–H and O–H groups in total.